The minimum absolute atomic E-state index is 0.534. The molecule has 0 bridgehead atoms. The molecule has 0 radical (unpaired) electrons. The molecule has 0 saturated heterocycles. The number of aryl methyl sites for hydroxylation is 1. The van der Waals surface area contributed by atoms with Crippen LogP contribution in [-0.4, -0.2) is 34.3 Å². The lowest BCUT2D eigenvalue weighted by molar-refractivity contribution is 0.0557. The van der Waals surface area contributed by atoms with Crippen molar-refractivity contribution in [2.24, 2.45) is 0 Å². The molecule has 1 aromatic heterocycles. The Morgan fingerprint density at radius 2 is 1.95 bits per heavy atom. The van der Waals surface area contributed by atoms with Crippen molar-refractivity contribution in [3.8, 4) is 0 Å². The molecule has 0 aliphatic heterocycles. The Bertz CT molecular complexity index is 455. The summed E-state index contributed by atoms with van der Waals surface area (Å²) in [4.78, 5) is 10.8. The largest absolute Gasteiger partial charge is 0.388 e. The van der Waals surface area contributed by atoms with Gasteiger partial charge in [-0.2, -0.15) is 0 Å². The lowest BCUT2D eigenvalue weighted by Gasteiger charge is -2.30. The summed E-state index contributed by atoms with van der Waals surface area (Å²) in [6, 6.07) is 0. The van der Waals surface area contributed by atoms with Gasteiger partial charge in [-0.25, -0.2) is 9.97 Å². The highest BCUT2D eigenvalue weighted by Gasteiger charge is 2.33. The Kier molecular flexibility index (Phi) is 3.94. The zero-order chi connectivity index (χ0) is 14.0. The molecule has 0 amide bonds. The van der Waals surface area contributed by atoms with E-state index in [2.05, 4.69) is 9.97 Å². The summed E-state index contributed by atoms with van der Waals surface area (Å²) in [7, 11) is 1.96. The highest BCUT2D eigenvalue weighted by Crippen LogP contribution is 2.31. The maximum Gasteiger partial charge on any atom is 0.137 e. The Balaban J connectivity index is 2.22. The van der Waals surface area contributed by atoms with E-state index in [-0.39, 0.29) is 0 Å². The van der Waals surface area contributed by atoms with Gasteiger partial charge in [0.15, 0.2) is 0 Å². The second-order valence-electron chi connectivity index (χ2n) is 5.61. The zero-order valence-electron chi connectivity index (χ0n) is 12.1. The van der Waals surface area contributed by atoms with Crippen LogP contribution in [0.5, 0.6) is 0 Å². The Hall–Kier alpha value is -1.36. The third-order valence-corrected chi connectivity index (χ3v) is 3.95. The molecule has 1 saturated carbocycles. The second kappa shape index (κ2) is 5.33. The van der Waals surface area contributed by atoms with Crippen LogP contribution in [0.4, 0.5) is 11.6 Å². The van der Waals surface area contributed by atoms with Crippen molar-refractivity contribution in [2.75, 3.05) is 24.2 Å². The Morgan fingerprint density at radius 1 is 1.32 bits per heavy atom. The number of nitrogen functional groups attached to an aromatic ring is 1. The predicted molar refractivity (Wildman–Crippen MR) is 77.2 cm³/mol. The summed E-state index contributed by atoms with van der Waals surface area (Å²) in [5.74, 6) is 2.13. The summed E-state index contributed by atoms with van der Waals surface area (Å²) in [6.07, 6.45) is 4.72. The van der Waals surface area contributed by atoms with Crippen LogP contribution in [0, 0.1) is 6.92 Å². The third kappa shape index (κ3) is 2.97. The number of anilines is 2. The first kappa shape index (κ1) is 14.1. The number of likely N-dealkylation sites (N-methyl/N-ethyl adjacent to an activating group) is 1. The molecule has 5 nitrogen and oxygen atoms in total. The Morgan fingerprint density at radius 3 is 2.53 bits per heavy atom. The molecule has 1 aromatic rings. The average Bonchev–Trinajstić information content (AvgIpc) is 2.78. The van der Waals surface area contributed by atoms with Crippen molar-refractivity contribution < 1.29 is 5.11 Å². The van der Waals surface area contributed by atoms with Crippen LogP contribution in [0.3, 0.4) is 0 Å². The van der Waals surface area contributed by atoms with Crippen LogP contribution in [0.1, 0.15) is 44.0 Å². The number of nitrogens with zero attached hydrogens (tertiary/aromatic N) is 3. The lowest BCUT2D eigenvalue weighted by atomic mass is 10.0. The number of rotatable bonds is 4. The monoisotopic (exact) mass is 264 g/mol. The minimum atomic E-state index is -0.576. The van der Waals surface area contributed by atoms with Gasteiger partial charge in [0.25, 0.3) is 0 Å². The van der Waals surface area contributed by atoms with Crippen LogP contribution in [-0.2, 0) is 6.42 Å². The first-order valence-electron chi connectivity index (χ1n) is 7.02. The smallest absolute Gasteiger partial charge is 0.137 e. The van der Waals surface area contributed by atoms with Gasteiger partial charge in [0.2, 0.25) is 0 Å². The minimum Gasteiger partial charge on any atom is -0.388 e. The van der Waals surface area contributed by atoms with Crippen LogP contribution in [0.2, 0.25) is 0 Å². The molecule has 1 aliphatic carbocycles. The molecular formula is C14H24N4O. The maximum absolute atomic E-state index is 10.5. The first-order chi connectivity index (χ1) is 8.95. The van der Waals surface area contributed by atoms with Crippen LogP contribution < -0.4 is 10.6 Å². The number of hydrogen-bond acceptors (Lipinski definition) is 5. The van der Waals surface area contributed by atoms with Gasteiger partial charge in [-0.3, -0.25) is 0 Å². The fraction of sp³-hybridized carbons (Fsp3) is 0.714. The molecule has 3 N–H and O–H groups in total. The maximum atomic E-state index is 10.5. The van der Waals surface area contributed by atoms with Crippen molar-refractivity contribution in [3.05, 3.63) is 11.4 Å². The molecule has 0 spiro atoms. The summed E-state index contributed by atoms with van der Waals surface area (Å²) < 4.78 is 0. The number of aromatic nitrogens is 2. The molecule has 1 heterocycles. The van der Waals surface area contributed by atoms with E-state index in [9.17, 15) is 5.11 Å². The van der Waals surface area contributed by atoms with Crippen molar-refractivity contribution in [3.63, 3.8) is 0 Å². The normalized spacial score (nSPS) is 17.7. The van der Waals surface area contributed by atoms with E-state index < -0.39 is 5.60 Å². The van der Waals surface area contributed by atoms with E-state index in [4.69, 9.17) is 5.73 Å². The predicted octanol–water partition coefficient (Wildman–Crippen LogP) is 1.67. The topological polar surface area (TPSA) is 75.3 Å². The van der Waals surface area contributed by atoms with E-state index in [1.165, 1.54) is 0 Å². The van der Waals surface area contributed by atoms with E-state index in [0.717, 1.165) is 49.3 Å². The van der Waals surface area contributed by atoms with Gasteiger partial charge in [-0.05, 0) is 19.8 Å². The molecule has 0 aromatic carbocycles. The van der Waals surface area contributed by atoms with Gasteiger partial charge in [0.1, 0.15) is 17.5 Å². The molecule has 5 heteroatoms. The van der Waals surface area contributed by atoms with E-state index in [0.29, 0.717) is 12.4 Å². The SMILES string of the molecule is CCc1nc(N)c(C)c(N(C)CC2(O)CCCC2)n1. The van der Waals surface area contributed by atoms with Gasteiger partial charge in [-0.15, -0.1) is 0 Å². The summed E-state index contributed by atoms with van der Waals surface area (Å²) in [5, 5.41) is 10.5. The molecule has 2 rings (SSSR count). The van der Waals surface area contributed by atoms with Crippen LogP contribution in [0.15, 0.2) is 0 Å². The number of aliphatic hydroxyl groups is 1. The van der Waals surface area contributed by atoms with Gasteiger partial charge in [0.05, 0.1) is 5.60 Å². The highest BCUT2D eigenvalue weighted by molar-refractivity contribution is 5.56. The molecule has 0 atom stereocenters. The molecule has 19 heavy (non-hydrogen) atoms. The molecule has 1 fully saturated rings. The van der Waals surface area contributed by atoms with Crippen molar-refractivity contribution in [1.29, 1.82) is 0 Å². The molecule has 1 aliphatic rings. The molecular weight excluding hydrogens is 240 g/mol. The zero-order valence-corrected chi connectivity index (χ0v) is 12.1. The summed E-state index contributed by atoms with van der Waals surface area (Å²) >= 11 is 0. The van der Waals surface area contributed by atoms with Crippen LogP contribution in [0.25, 0.3) is 0 Å². The molecule has 0 unspecified atom stereocenters. The second-order valence-corrected chi connectivity index (χ2v) is 5.61. The molecule has 106 valence electrons. The Labute approximate surface area is 114 Å². The van der Waals surface area contributed by atoms with Crippen molar-refractivity contribution in [2.45, 2.75) is 51.6 Å². The lowest BCUT2D eigenvalue weighted by Crippen LogP contribution is -2.40. The number of hydrogen-bond donors (Lipinski definition) is 2. The van der Waals surface area contributed by atoms with Gasteiger partial charge in [-0.1, -0.05) is 19.8 Å². The standard InChI is InChI=1S/C14H24N4O/c1-4-11-16-12(15)10(2)13(17-11)18(3)9-14(19)7-5-6-8-14/h19H,4-9H2,1-3H3,(H2,15,16,17). The fourth-order valence-corrected chi connectivity index (χ4v) is 2.81. The van der Waals surface area contributed by atoms with Gasteiger partial charge in [0, 0.05) is 25.6 Å². The summed E-state index contributed by atoms with van der Waals surface area (Å²) in [5.41, 5.74) is 6.25. The van der Waals surface area contributed by atoms with Crippen molar-refractivity contribution in [1.82, 2.24) is 9.97 Å². The van der Waals surface area contributed by atoms with Gasteiger partial charge < -0.3 is 15.7 Å². The quantitative estimate of drug-likeness (QED) is 0.865. The van der Waals surface area contributed by atoms with E-state index >= 15 is 0 Å². The third-order valence-electron chi connectivity index (χ3n) is 3.95. The van der Waals surface area contributed by atoms with Crippen LogP contribution >= 0.6 is 0 Å². The fourth-order valence-electron chi connectivity index (χ4n) is 2.81. The number of nitrogens with two attached hydrogens (primary N) is 1. The highest BCUT2D eigenvalue weighted by atomic mass is 16.3. The first-order valence-corrected chi connectivity index (χ1v) is 7.02. The van der Waals surface area contributed by atoms with Gasteiger partial charge >= 0.3 is 0 Å². The van der Waals surface area contributed by atoms with Crippen molar-refractivity contribution >= 4 is 11.6 Å². The van der Waals surface area contributed by atoms with E-state index in [1.54, 1.807) is 0 Å². The average molecular weight is 264 g/mol. The summed E-state index contributed by atoms with van der Waals surface area (Å²) in [6.45, 7) is 4.55. The van der Waals surface area contributed by atoms with E-state index in [1.807, 2.05) is 25.8 Å².